The maximum Gasteiger partial charge on any atom is 0.307 e. The Balaban J connectivity index is 3.42. The summed E-state index contributed by atoms with van der Waals surface area (Å²) < 4.78 is 29.4. The third kappa shape index (κ3) is 6.73. The molecule has 0 bridgehead atoms. The molecular formula is C8H15F2NO3. The van der Waals surface area contributed by atoms with Gasteiger partial charge in [0.2, 0.25) is 0 Å². The van der Waals surface area contributed by atoms with Crippen LogP contribution in [0.1, 0.15) is 13.3 Å². The number of hydrogen-bond donors (Lipinski definition) is 2. The van der Waals surface area contributed by atoms with E-state index in [-0.39, 0.29) is 19.6 Å². The van der Waals surface area contributed by atoms with Gasteiger partial charge in [-0.25, -0.2) is 8.78 Å². The second-order valence-corrected chi connectivity index (χ2v) is 2.75. The molecule has 2 N–H and O–H groups in total. The highest BCUT2D eigenvalue weighted by Crippen LogP contribution is 2.09. The first-order valence-corrected chi connectivity index (χ1v) is 4.37. The van der Waals surface area contributed by atoms with Crippen LogP contribution < -0.4 is 5.32 Å². The largest absolute Gasteiger partial charge is 0.466 e. The lowest BCUT2D eigenvalue weighted by Crippen LogP contribution is -2.36. The Hall–Kier alpha value is -0.750. The Morgan fingerprint density at radius 3 is 2.71 bits per heavy atom. The molecule has 0 aliphatic heterocycles. The molecular weight excluding hydrogens is 196 g/mol. The predicted molar refractivity (Wildman–Crippen MR) is 46.2 cm³/mol. The average molecular weight is 211 g/mol. The van der Waals surface area contributed by atoms with Gasteiger partial charge in [0.15, 0.2) is 0 Å². The number of aliphatic hydroxyl groups excluding tert-OH is 1. The summed E-state index contributed by atoms with van der Waals surface area (Å²) >= 11 is 0. The van der Waals surface area contributed by atoms with Gasteiger partial charge in [-0.1, -0.05) is 0 Å². The van der Waals surface area contributed by atoms with E-state index in [1.807, 2.05) is 0 Å². The molecule has 14 heavy (non-hydrogen) atoms. The van der Waals surface area contributed by atoms with Crippen molar-refractivity contribution in [3.8, 4) is 0 Å². The highest BCUT2D eigenvalue weighted by Gasteiger charge is 2.26. The van der Waals surface area contributed by atoms with Crippen LogP contribution >= 0.6 is 0 Å². The van der Waals surface area contributed by atoms with Gasteiger partial charge in [0.1, 0.15) is 6.61 Å². The number of halogens is 2. The van der Waals surface area contributed by atoms with E-state index < -0.39 is 25.0 Å². The van der Waals surface area contributed by atoms with Gasteiger partial charge in [-0.15, -0.1) is 0 Å². The zero-order valence-electron chi connectivity index (χ0n) is 8.06. The van der Waals surface area contributed by atoms with Crippen molar-refractivity contribution in [1.29, 1.82) is 0 Å². The van der Waals surface area contributed by atoms with Gasteiger partial charge in [-0.05, 0) is 6.92 Å². The van der Waals surface area contributed by atoms with E-state index in [0.717, 1.165) is 0 Å². The molecule has 0 aliphatic carbocycles. The maximum atomic E-state index is 12.4. The first-order valence-electron chi connectivity index (χ1n) is 4.37. The Morgan fingerprint density at radius 2 is 2.21 bits per heavy atom. The Kier molecular flexibility index (Phi) is 6.31. The van der Waals surface area contributed by atoms with Gasteiger partial charge >= 0.3 is 5.97 Å². The van der Waals surface area contributed by atoms with E-state index in [1.165, 1.54) is 0 Å². The molecule has 0 radical (unpaired) electrons. The number of nitrogens with one attached hydrogen (secondary N) is 1. The number of rotatable bonds is 7. The molecule has 4 nitrogen and oxygen atoms in total. The molecule has 6 heteroatoms. The fourth-order valence-electron chi connectivity index (χ4n) is 0.751. The molecule has 0 rings (SSSR count). The van der Waals surface area contributed by atoms with E-state index in [4.69, 9.17) is 5.11 Å². The van der Waals surface area contributed by atoms with E-state index in [0.29, 0.717) is 0 Å². The zero-order valence-corrected chi connectivity index (χ0v) is 8.06. The number of alkyl halides is 2. The third-order valence-corrected chi connectivity index (χ3v) is 1.43. The lowest BCUT2D eigenvalue weighted by molar-refractivity contribution is -0.143. The van der Waals surface area contributed by atoms with Crippen LogP contribution in [-0.2, 0) is 9.53 Å². The first-order chi connectivity index (χ1) is 6.52. The Morgan fingerprint density at radius 1 is 1.57 bits per heavy atom. The Bertz CT molecular complexity index is 176. The van der Waals surface area contributed by atoms with Crippen LogP contribution in [0, 0.1) is 0 Å². The van der Waals surface area contributed by atoms with Crippen molar-refractivity contribution in [3.63, 3.8) is 0 Å². The summed E-state index contributed by atoms with van der Waals surface area (Å²) in [6.07, 6.45) is 0.0509. The van der Waals surface area contributed by atoms with Crippen LogP contribution in [0.25, 0.3) is 0 Å². The van der Waals surface area contributed by atoms with Crippen molar-refractivity contribution in [3.05, 3.63) is 0 Å². The quantitative estimate of drug-likeness (QED) is 0.465. The molecule has 0 unspecified atom stereocenters. The Labute approximate surface area is 81.2 Å². The topological polar surface area (TPSA) is 58.6 Å². The minimum atomic E-state index is -3.13. The highest BCUT2D eigenvalue weighted by atomic mass is 19.3. The van der Waals surface area contributed by atoms with Crippen molar-refractivity contribution < 1.29 is 23.4 Å². The molecule has 0 spiro atoms. The summed E-state index contributed by atoms with van der Waals surface area (Å²) in [7, 11) is 0. The standard InChI is InChI=1S/C8H15F2NO3/c1-2-14-7(13)3-4-11-5-8(9,10)6-12/h11-12H,2-6H2,1H3. The van der Waals surface area contributed by atoms with E-state index in [9.17, 15) is 13.6 Å². The van der Waals surface area contributed by atoms with Gasteiger partial charge in [0.25, 0.3) is 5.92 Å². The lowest BCUT2D eigenvalue weighted by Gasteiger charge is -2.13. The van der Waals surface area contributed by atoms with Crippen molar-refractivity contribution in [2.45, 2.75) is 19.3 Å². The van der Waals surface area contributed by atoms with E-state index in [1.54, 1.807) is 6.92 Å². The second-order valence-electron chi connectivity index (χ2n) is 2.75. The zero-order chi connectivity index (χ0) is 11.0. The number of aliphatic hydroxyl groups is 1. The second kappa shape index (κ2) is 6.67. The van der Waals surface area contributed by atoms with Crippen LogP contribution in [0.2, 0.25) is 0 Å². The third-order valence-electron chi connectivity index (χ3n) is 1.43. The smallest absolute Gasteiger partial charge is 0.307 e. The number of carbonyl (C=O) groups is 1. The molecule has 84 valence electrons. The monoisotopic (exact) mass is 211 g/mol. The van der Waals surface area contributed by atoms with Gasteiger partial charge in [-0.3, -0.25) is 4.79 Å². The van der Waals surface area contributed by atoms with Crippen LogP contribution in [0.4, 0.5) is 8.78 Å². The van der Waals surface area contributed by atoms with Crippen LogP contribution in [0.3, 0.4) is 0 Å². The molecule has 0 aromatic heterocycles. The normalized spacial score (nSPS) is 11.4. The fraction of sp³-hybridized carbons (Fsp3) is 0.875. The SMILES string of the molecule is CCOC(=O)CCNCC(F)(F)CO. The summed E-state index contributed by atoms with van der Waals surface area (Å²) in [6.45, 7) is 0.244. The molecule has 0 aromatic carbocycles. The highest BCUT2D eigenvalue weighted by molar-refractivity contribution is 5.69. The number of hydrogen-bond acceptors (Lipinski definition) is 4. The van der Waals surface area contributed by atoms with Gasteiger partial charge < -0.3 is 15.2 Å². The van der Waals surface area contributed by atoms with Crippen LogP contribution in [-0.4, -0.2) is 43.3 Å². The van der Waals surface area contributed by atoms with E-state index in [2.05, 4.69) is 10.1 Å². The predicted octanol–water partition coefficient (Wildman–Crippen LogP) is 0.157. The summed E-state index contributed by atoms with van der Waals surface area (Å²) in [5.41, 5.74) is 0. The first kappa shape index (κ1) is 13.2. The van der Waals surface area contributed by atoms with Crippen molar-refractivity contribution >= 4 is 5.97 Å². The molecule has 0 fully saturated rings. The lowest BCUT2D eigenvalue weighted by atomic mass is 10.3. The maximum absolute atomic E-state index is 12.4. The molecule has 0 saturated carbocycles. The minimum absolute atomic E-state index is 0.0509. The van der Waals surface area contributed by atoms with Gasteiger partial charge in [0, 0.05) is 6.54 Å². The summed E-state index contributed by atoms with van der Waals surface area (Å²) in [5, 5.41) is 10.6. The summed E-state index contributed by atoms with van der Waals surface area (Å²) in [6, 6.07) is 0. The fourth-order valence-corrected chi connectivity index (χ4v) is 0.751. The van der Waals surface area contributed by atoms with Crippen LogP contribution in [0.5, 0.6) is 0 Å². The molecule has 0 aliphatic rings. The molecule has 0 aromatic rings. The number of carbonyl (C=O) groups excluding carboxylic acids is 1. The molecule has 0 saturated heterocycles. The molecule has 0 atom stereocenters. The van der Waals surface area contributed by atoms with Gasteiger partial charge in [0.05, 0.1) is 19.6 Å². The minimum Gasteiger partial charge on any atom is -0.466 e. The number of ether oxygens (including phenoxy) is 1. The van der Waals surface area contributed by atoms with E-state index >= 15 is 0 Å². The molecule has 0 amide bonds. The molecule has 0 heterocycles. The average Bonchev–Trinajstić information content (AvgIpc) is 2.13. The summed E-state index contributed by atoms with van der Waals surface area (Å²) in [5.74, 6) is -3.55. The van der Waals surface area contributed by atoms with Gasteiger partial charge in [-0.2, -0.15) is 0 Å². The van der Waals surface area contributed by atoms with Crippen molar-refractivity contribution in [2.75, 3.05) is 26.3 Å². The summed E-state index contributed by atoms with van der Waals surface area (Å²) in [4.78, 5) is 10.7. The van der Waals surface area contributed by atoms with Crippen LogP contribution in [0.15, 0.2) is 0 Å². The van der Waals surface area contributed by atoms with Crippen molar-refractivity contribution in [2.24, 2.45) is 0 Å². The van der Waals surface area contributed by atoms with Crippen molar-refractivity contribution in [1.82, 2.24) is 5.32 Å². The number of esters is 1.